The lowest BCUT2D eigenvalue weighted by Crippen LogP contribution is -2.47. The molecule has 1 aliphatic heterocycles. The second-order valence-electron chi connectivity index (χ2n) is 8.74. The minimum absolute atomic E-state index is 0. The fourth-order valence-electron chi connectivity index (χ4n) is 4.45. The molecular formula is C24H42IN5O. The summed E-state index contributed by atoms with van der Waals surface area (Å²) in [6, 6.07) is 10.8. The number of anilines is 1. The third kappa shape index (κ3) is 8.42. The maximum Gasteiger partial charge on any atom is 0.191 e. The number of aliphatic imine (C=N–C) groups is 1. The fourth-order valence-corrected chi connectivity index (χ4v) is 4.45. The number of piperazine rings is 1. The molecule has 176 valence electrons. The summed E-state index contributed by atoms with van der Waals surface area (Å²) < 4.78 is 5.31. The van der Waals surface area contributed by atoms with Crippen LogP contribution in [-0.4, -0.2) is 76.9 Å². The van der Waals surface area contributed by atoms with Crippen molar-refractivity contribution < 1.29 is 4.74 Å². The Bertz CT molecular complexity index is 630. The van der Waals surface area contributed by atoms with Gasteiger partial charge in [0.05, 0.1) is 0 Å². The van der Waals surface area contributed by atoms with Crippen LogP contribution in [0.25, 0.3) is 0 Å². The molecule has 1 aromatic carbocycles. The van der Waals surface area contributed by atoms with Crippen LogP contribution >= 0.6 is 24.0 Å². The predicted octanol–water partition coefficient (Wildman–Crippen LogP) is 3.58. The summed E-state index contributed by atoms with van der Waals surface area (Å²) in [4.78, 5) is 9.98. The molecule has 2 fully saturated rings. The van der Waals surface area contributed by atoms with Gasteiger partial charge in [0.1, 0.15) is 0 Å². The van der Waals surface area contributed by atoms with Crippen molar-refractivity contribution in [2.75, 3.05) is 71.0 Å². The fraction of sp³-hybridized carbons (Fsp3) is 0.708. The van der Waals surface area contributed by atoms with Gasteiger partial charge in [-0.05, 0) is 56.7 Å². The first kappa shape index (κ1) is 26.2. The Kier molecular flexibility index (Phi) is 12.0. The van der Waals surface area contributed by atoms with Crippen molar-refractivity contribution in [1.82, 2.24) is 15.5 Å². The highest BCUT2D eigenvalue weighted by molar-refractivity contribution is 14.0. The van der Waals surface area contributed by atoms with E-state index in [1.54, 1.807) is 7.11 Å². The summed E-state index contributed by atoms with van der Waals surface area (Å²) in [6.07, 6.45) is 6.18. The van der Waals surface area contributed by atoms with E-state index in [4.69, 9.17) is 9.73 Å². The van der Waals surface area contributed by atoms with Crippen LogP contribution in [0, 0.1) is 5.41 Å². The minimum Gasteiger partial charge on any atom is -0.385 e. The maximum atomic E-state index is 5.31. The molecule has 0 unspecified atom stereocenters. The summed E-state index contributed by atoms with van der Waals surface area (Å²) in [7, 11) is 1.79. The number of nitrogens with one attached hydrogen (secondary N) is 2. The van der Waals surface area contributed by atoms with E-state index >= 15 is 0 Å². The molecule has 1 saturated heterocycles. The Labute approximate surface area is 206 Å². The van der Waals surface area contributed by atoms with Gasteiger partial charge in [0.2, 0.25) is 0 Å². The molecule has 0 amide bonds. The number of rotatable bonds is 11. The number of hydrogen-bond donors (Lipinski definition) is 2. The van der Waals surface area contributed by atoms with Crippen LogP contribution in [0.2, 0.25) is 0 Å². The van der Waals surface area contributed by atoms with Gasteiger partial charge in [-0.1, -0.05) is 24.6 Å². The average Bonchev–Trinajstić information content (AvgIpc) is 2.76. The molecular weight excluding hydrogens is 501 g/mol. The Morgan fingerprint density at radius 3 is 2.45 bits per heavy atom. The van der Waals surface area contributed by atoms with Crippen molar-refractivity contribution in [3.8, 4) is 0 Å². The number of hydrogen-bond acceptors (Lipinski definition) is 4. The molecule has 0 spiro atoms. The van der Waals surface area contributed by atoms with Gasteiger partial charge in [-0.15, -0.1) is 24.0 Å². The lowest BCUT2D eigenvalue weighted by molar-refractivity contribution is 0.0778. The molecule has 2 aliphatic rings. The standard InChI is InChI=1S/C24H41N5O.HI/c1-3-25-23(27-21-24(11-7-12-24)13-20-30-2)26-14-8-15-28-16-18-29(19-17-28)22-9-5-4-6-10-22;/h4-6,9-10H,3,7-8,11-21H2,1-2H3,(H2,25,26,27);1H. The van der Waals surface area contributed by atoms with Crippen molar-refractivity contribution in [2.24, 2.45) is 10.4 Å². The van der Waals surface area contributed by atoms with Gasteiger partial charge in [0.25, 0.3) is 0 Å². The Morgan fingerprint density at radius 2 is 1.84 bits per heavy atom. The van der Waals surface area contributed by atoms with Crippen molar-refractivity contribution in [3.05, 3.63) is 30.3 Å². The molecule has 0 aromatic heterocycles. The number of ether oxygens (including phenoxy) is 1. The highest BCUT2D eigenvalue weighted by Gasteiger charge is 2.36. The Balaban J connectivity index is 0.00000341. The van der Waals surface area contributed by atoms with E-state index in [0.29, 0.717) is 5.41 Å². The van der Waals surface area contributed by atoms with Gasteiger partial charge < -0.3 is 20.3 Å². The number of guanidine groups is 1. The highest BCUT2D eigenvalue weighted by atomic mass is 127. The second kappa shape index (κ2) is 14.2. The summed E-state index contributed by atoms with van der Waals surface area (Å²) in [5.41, 5.74) is 1.72. The van der Waals surface area contributed by atoms with Crippen molar-refractivity contribution in [2.45, 2.75) is 39.0 Å². The summed E-state index contributed by atoms with van der Waals surface area (Å²) in [5.74, 6) is 0.968. The quantitative estimate of drug-likeness (QED) is 0.194. The van der Waals surface area contributed by atoms with Gasteiger partial charge in [-0.3, -0.25) is 9.89 Å². The largest absolute Gasteiger partial charge is 0.385 e. The van der Waals surface area contributed by atoms with Gasteiger partial charge in [0.15, 0.2) is 5.96 Å². The normalized spacial score (nSPS) is 18.8. The zero-order chi connectivity index (χ0) is 21.1. The molecule has 0 radical (unpaired) electrons. The highest BCUT2D eigenvalue weighted by Crippen LogP contribution is 2.44. The minimum atomic E-state index is 0. The van der Waals surface area contributed by atoms with E-state index < -0.39 is 0 Å². The molecule has 3 rings (SSSR count). The van der Waals surface area contributed by atoms with Crippen molar-refractivity contribution >= 4 is 35.6 Å². The predicted molar refractivity (Wildman–Crippen MR) is 142 cm³/mol. The molecule has 1 heterocycles. The summed E-state index contributed by atoms with van der Waals surface area (Å²) in [5, 5.41) is 6.95. The van der Waals surface area contributed by atoms with Crippen LogP contribution in [0.15, 0.2) is 35.3 Å². The second-order valence-corrected chi connectivity index (χ2v) is 8.74. The van der Waals surface area contributed by atoms with E-state index in [9.17, 15) is 0 Å². The SMILES string of the molecule is CCNC(=NCC1(CCOC)CCC1)NCCCN1CCN(c2ccccc2)CC1.I. The van der Waals surface area contributed by atoms with Crippen LogP contribution in [0.4, 0.5) is 5.69 Å². The van der Waals surface area contributed by atoms with Gasteiger partial charge in [-0.25, -0.2) is 0 Å². The van der Waals surface area contributed by atoms with Gasteiger partial charge in [0, 0.05) is 65.2 Å². The molecule has 31 heavy (non-hydrogen) atoms. The maximum absolute atomic E-state index is 5.31. The Hall–Kier alpha value is -1.06. The van der Waals surface area contributed by atoms with Crippen LogP contribution < -0.4 is 15.5 Å². The van der Waals surface area contributed by atoms with Gasteiger partial charge >= 0.3 is 0 Å². The van der Waals surface area contributed by atoms with Crippen LogP contribution in [0.1, 0.15) is 39.0 Å². The van der Waals surface area contributed by atoms with Crippen LogP contribution in [-0.2, 0) is 4.74 Å². The number of para-hydroxylation sites is 1. The van der Waals surface area contributed by atoms with E-state index in [0.717, 1.165) is 77.8 Å². The molecule has 1 aromatic rings. The lowest BCUT2D eigenvalue weighted by Gasteiger charge is -2.40. The number of nitrogens with zero attached hydrogens (tertiary/aromatic N) is 3. The first-order chi connectivity index (χ1) is 14.7. The van der Waals surface area contributed by atoms with Gasteiger partial charge in [-0.2, -0.15) is 0 Å². The zero-order valence-electron chi connectivity index (χ0n) is 19.4. The zero-order valence-corrected chi connectivity index (χ0v) is 21.8. The first-order valence-electron chi connectivity index (χ1n) is 11.8. The van der Waals surface area contributed by atoms with E-state index in [1.165, 1.54) is 24.9 Å². The van der Waals surface area contributed by atoms with E-state index in [-0.39, 0.29) is 24.0 Å². The lowest BCUT2D eigenvalue weighted by atomic mass is 9.67. The molecule has 2 N–H and O–H groups in total. The smallest absolute Gasteiger partial charge is 0.191 e. The summed E-state index contributed by atoms with van der Waals surface area (Å²) >= 11 is 0. The molecule has 1 aliphatic carbocycles. The monoisotopic (exact) mass is 543 g/mol. The third-order valence-electron chi connectivity index (χ3n) is 6.60. The Morgan fingerprint density at radius 1 is 1.10 bits per heavy atom. The molecule has 7 heteroatoms. The van der Waals surface area contributed by atoms with E-state index in [1.807, 2.05) is 0 Å². The number of halogens is 1. The van der Waals surface area contributed by atoms with Crippen LogP contribution in [0.5, 0.6) is 0 Å². The molecule has 1 saturated carbocycles. The van der Waals surface area contributed by atoms with Crippen LogP contribution in [0.3, 0.4) is 0 Å². The van der Waals surface area contributed by atoms with Crippen molar-refractivity contribution in [3.63, 3.8) is 0 Å². The third-order valence-corrected chi connectivity index (χ3v) is 6.60. The summed E-state index contributed by atoms with van der Waals surface area (Å²) in [6.45, 7) is 11.4. The number of methoxy groups -OCH3 is 1. The first-order valence-corrected chi connectivity index (χ1v) is 11.8. The van der Waals surface area contributed by atoms with E-state index in [2.05, 4.69) is 57.7 Å². The average molecular weight is 544 g/mol. The van der Waals surface area contributed by atoms with Crippen molar-refractivity contribution in [1.29, 1.82) is 0 Å². The molecule has 0 atom stereocenters. The topological polar surface area (TPSA) is 52.1 Å². The number of benzene rings is 1. The molecule has 6 nitrogen and oxygen atoms in total. The molecule has 0 bridgehead atoms.